The predicted molar refractivity (Wildman–Crippen MR) is 109 cm³/mol. The number of nitrogens with zero attached hydrogens (tertiary/aromatic N) is 3. The predicted octanol–water partition coefficient (Wildman–Crippen LogP) is 3.85. The molecule has 4 rings (SSSR count). The van der Waals surface area contributed by atoms with Gasteiger partial charge in [-0.15, -0.1) is 0 Å². The summed E-state index contributed by atoms with van der Waals surface area (Å²) >= 11 is 0. The molecule has 0 bridgehead atoms. The van der Waals surface area contributed by atoms with Gasteiger partial charge in [-0.05, 0) is 35.1 Å². The molecule has 2 aliphatic rings. The fourth-order valence-corrected chi connectivity index (χ4v) is 4.57. The molecule has 0 spiro atoms. The third-order valence-corrected chi connectivity index (χ3v) is 6.07. The van der Waals surface area contributed by atoms with Crippen molar-refractivity contribution in [2.24, 2.45) is 11.8 Å². The standard InChI is InChI=1S/C23H23F3N4O/c24-23(25,26)21-8-17(9-27)6-7-18(21)10-28-22(31)30-14-19-12-29(13-20(19)15-30)11-16-4-2-1-3-5-16/h1-8,19-20H,10-15H2,(H,28,31). The molecule has 2 saturated heterocycles. The van der Waals surface area contributed by atoms with Crippen LogP contribution in [0.2, 0.25) is 0 Å². The molecule has 2 fully saturated rings. The molecule has 2 aliphatic heterocycles. The van der Waals surface area contributed by atoms with Crippen LogP contribution >= 0.6 is 0 Å². The third-order valence-electron chi connectivity index (χ3n) is 6.07. The number of hydrogen-bond acceptors (Lipinski definition) is 3. The third kappa shape index (κ3) is 4.83. The molecule has 0 radical (unpaired) electrons. The number of halogens is 3. The van der Waals surface area contributed by atoms with Crippen LogP contribution < -0.4 is 5.32 Å². The zero-order valence-corrected chi connectivity index (χ0v) is 16.9. The quantitative estimate of drug-likeness (QED) is 0.805. The number of alkyl halides is 3. The van der Waals surface area contributed by atoms with Gasteiger partial charge in [0.25, 0.3) is 0 Å². The van der Waals surface area contributed by atoms with Crippen LogP contribution in [0.4, 0.5) is 18.0 Å². The molecule has 2 aromatic carbocycles. The number of likely N-dealkylation sites (tertiary alicyclic amines) is 2. The van der Waals surface area contributed by atoms with Crippen LogP contribution in [0, 0.1) is 23.2 Å². The number of benzene rings is 2. The van der Waals surface area contributed by atoms with Crippen LogP contribution in [0.1, 0.15) is 22.3 Å². The first kappa shape index (κ1) is 21.2. The van der Waals surface area contributed by atoms with Gasteiger partial charge in [-0.3, -0.25) is 4.90 Å². The maximum atomic E-state index is 13.3. The van der Waals surface area contributed by atoms with Crippen LogP contribution in [0.3, 0.4) is 0 Å². The SMILES string of the molecule is N#Cc1ccc(CNC(=O)N2CC3CN(Cc4ccccc4)CC3C2)c(C(F)(F)F)c1. The Hall–Kier alpha value is -3.05. The van der Waals surface area contributed by atoms with E-state index >= 15 is 0 Å². The zero-order valence-electron chi connectivity index (χ0n) is 16.9. The summed E-state index contributed by atoms with van der Waals surface area (Å²) in [5.41, 5.74) is 0.268. The van der Waals surface area contributed by atoms with Gasteiger partial charge in [0.2, 0.25) is 0 Å². The number of carbonyl (C=O) groups is 1. The second-order valence-corrected chi connectivity index (χ2v) is 8.25. The Morgan fingerprint density at radius 1 is 1.06 bits per heavy atom. The summed E-state index contributed by atoms with van der Waals surface area (Å²) in [5.74, 6) is 0.769. The topological polar surface area (TPSA) is 59.4 Å². The van der Waals surface area contributed by atoms with Crippen LogP contribution in [-0.2, 0) is 19.3 Å². The molecular weight excluding hydrogens is 405 g/mol. The lowest BCUT2D eigenvalue weighted by Crippen LogP contribution is -2.40. The van der Waals surface area contributed by atoms with Gasteiger partial charge in [0.15, 0.2) is 0 Å². The largest absolute Gasteiger partial charge is 0.416 e. The van der Waals surface area contributed by atoms with Crippen LogP contribution in [0.25, 0.3) is 0 Å². The lowest BCUT2D eigenvalue weighted by atomic mass is 10.0. The van der Waals surface area contributed by atoms with Gasteiger partial charge in [-0.2, -0.15) is 18.4 Å². The van der Waals surface area contributed by atoms with E-state index in [9.17, 15) is 18.0 Å². The second kappa shape index (κ2) is 8.60. The van der Waals surface area contributed by atoms with Crippen molar-refractivity contribution in [3.63, 3.8) is 0 Å². The number of rotatable bonds is 4. The number of carbonyl (C=O) groups excluding carboxylic acids is 1. The Bertz CT molecular complexity index is 973. The number of amides is 2. The molecule has 2 atom stereocenters. The molecule has 2 unspecified atom stereocenters. The Kier molecular flexibility index (Phi) is 5.88. The van der Waals surface area contributed by atoms with E-state index in [2.05, 4.69) is 22.3 Å². The van der Waals surface area contributed by atoms with Crippen molar-refractivity contribution in [1.82, 2.24) is 15.1 Å². The zero-order chi connectivity index (χ0) is 22.0. The number of hydrogen-bond donors (Lipinski definition) is 1. The summed E-state index contributed by atoms with van der Waals surface area (Å²) in [6.07, 6.45) is -4.58. The summed E-state index contributed by atoms with van der Waals surface area (Å²) in [6.45, 7) is 3.71. The maximum Gasteiger partial charge on any atom is 0.416 e. The molecule has 2 aromatic rings. The summed E-state index contributed by atoms with van der Waals surface area (Å²) in [4.78, 5) is 16.7. The molecule has 0 saturated carbocycles. The fraction of sp³-hybridized carbons (Fsp3) is 0.391. The minimum absolute atomic E-state index is 0.0479. The Morgan fingerprint density at radius 3 is 2.35 bits per heavy atom. The molecular formula is C23H23F3N4O. The van der Waals surface area contributed by atoms with Crippen molar-refractivity contribution in [2.45, 2.75) is 19.3 Å². The Balaban J connectivity index is 1.31. The van der Waals surface area contributed by atoms with Crippen LogP contribution in [-0.4, -0.2) is 42.0 Å². The molecule has 0 aromatic heterocycles. The van der Waals surface area contributed by atoms with Gasteiger partial charge >= 0.3 is 12.2 Å². The van der Waals surface area contributed by atoms with Crippen molar-refractivity contribution in [3.05, 3.63) is 70.8 Å². The normalized spacial score (nSPS) is 21.0. The van der Waals surface area contributed by atoms with Gasteiger partial charge in [-0.1, -0.05) is 36.4 Å². The van der Waals surface area contributed by atoms with E-state index in [4.69, 9.17) is 5.26 Å². The van der Waals surface area contributed by atoms with Crippen molar-refractivity contribution in [3.8, 4) is 6.07 Å². The first-order valence-electron chi connectivity index (χ1n) is 10.2. The van der Waals surface area contributed by atoms with Gasteiger partial charge < -0.3 is 10.2 Å². The average molecular weight is 428 g/mol. The minimum Gasteiger partial charge on any atom is -0.334 e. The highest BCUT2D eigenvalue weighted by atomic mass is 19.4. The van der Waals surface area contributed by atoms with E-state index in [1.807, 2.05) is 18.2 Å². The molecule has 1 N–H and O–H groups in total. The highest BCUT2D eigenvalue weighted by molar-refractivity contribution is 5.74. The fourth-order valence-electron chi connectivity index (χ4n) is 4.57. The van der Waals surface area contributed by atoms with Crippen molar-refractivity contribution in [1.29, 1.82) is 5.26 Å². The number of nitriles is 1. The van der Waals surface area contributed by atoms with E-state index in [1.165, 1.54) is 17.7 Å². The highest BCUT2D eigenvalue weighted by Gasteiger charge is 2.41. The van der Waals surface area contributed by atoms with Gasteiger partial charge in [0.05, 0.1) is 17.2 Å². The van der Waals surface area contributed by atoms with E-state index in [-0.39, 0.29) is 23.7 Å². The number of fused-ring (bicyclic) bond motifs is 1. The second-order valence-electron chi connectivity index (χ2n) is 8.25. The Morgan fingerprint density at radius 2 is 1.74 bits per heavy atom. The molecule has 31 heavy (non-hydrogen) atoms. The van der Waals surface area contributed by atoms with Crippen molar-refractivity contribution < 1.29 is 18.0 Å². The van der Waals surface area contributed by atoms with E-state index in [0.717, 1.165) is 25.7 Å². The van der Waals surface area contributed by atoms with E-state index in [1.54, 1.807) is 11.0 Å². The first-order valence-corrected chi connectivity index (χ1v) is 10.2. The monoisotopic (exact) mass is 428 g/mol. The van der Waals surface area contributed by atoms with E-state index in [0.29, 0.717) is 24.9 Å². The van der Waals surface area contributed by atoms with Gasteiger partial charge in [0.1, 0.15) is 0 Å². The summed E-state index contributed by atoms with van der Waals surface area (Å²) in [7, 11) is 0. The van der Waals surface area contributed by atoms with Crippen molar-refractivity contribution >= 4 is 6.03 Å². The number of urea groups is 1. The van der Waals surface area contributed by atoms with Crippen LogP contribution in [0.15, 0.2) is 48.5 Å². The van der Waals surface area contributed by atoms with Gasteiger partial charge in [0, 0.05) is 39.3 Å². The summed E-state index contributed by atoms with van der Waals surface area (Å²) in [6, 6.07) is 15.0. The highest BCUT2D eigenvalue weighted by Crippen LogP contribution is 2.34. The minimum atomic E-state index is -4.58. The summed E-state index contributed by atoms with van der Waals surface area (Å²) in [5, 5.41) is 11.5. The smallest absolute Gasteiger partial charge is 0.334 e. The average Bonchev–Trinajstić information content (AvgIpc) is 3.30. The molecule has 0 aliphatic carbocycles. The van der Waals surface area contributed by atoms with Crippen LogP contribution in [0.5, 0.6) is 0 Å². The van der Waals surface area contributed by atoms with Gasteiger partial charge in [-0.25, -0.2) is 4.79 Å². The lowest BCUT2D eigenvalue weighted by molar-refractivity contribution is -0.138. The first-order chi connectivity index (χ1) is 14.8. The molecule has 162 valence electrons. The maximum absolute atomic E-state index is 13.3. The number of nitrogens with one attached hydrogen (secondary N) is 1. The molecule has 8 heteroatoms. The molecule has 2 amide bonds. The molecule has 2 heterocycles. The lowest BCUT2D eigenvalue weighted by Gasteiger charge is -2.22. The van der Waals surface area contributed by atoms with Crippen molar-refractivity contribution in [2.75, 3.05) is 26.2 Å². The summed E-state index contributed by atoms with van der Waals surface area (Å²) < 4.78 is 39.9. The Labute approximate surface area is 179 Å². The van der Waals surface area contributed by atoms with E-state index < -0.39 is 11.7 Å². The molecule has 5 nitrogen and oxygen atoms in total.